The van der Waals surface area contributed by atoms with Crippen molar-refractivity contribution in [3.8, 4) is 10.4 Å². The van der Waals surface area contributed by atoms with Crippen molar-refractivity contribution < 1.29 is 9.53 Å². The van der Waals surface area contributed by atoms with Crippen LogP contribution in [0, 0.1) is 0 Å². The van der Waals surface area contributed by atoms with Crippen LogP contribution in [0.3, 0.4) is 0 Å². The lowest BCUT2D eigenvalue weighted by Gasteiger charge is -2.01. The minimum Gasteiger partial charge on any atom is -0.462 e. The second-order valence-electron chi connectivity index (χ2n) is 7.42. The van der Waals surface area contributed by atoms with Gasteiger partial charge in [0, 0.05) is 36.7 Å². The van der Waals surface area contributed by atoms with E-state index in [4.69, 9.17) is 21.5 Å². The standard InChI is InChI=1S/C22H17ClO2S2.C3H7NS/c1-2-25-22(24)20-11-10-19(27-20)17-8-5-7-15-13-16(26-21(15)17)12-14-6-3-4-9-18(14)23;4-5-3-1-2-3/h3-11,13H,2,12H2,1H3;3H,1-2,4H2. The van der Waals surface area contributed by atoms with Gasteiger partial charge in [0.25, 0.3) is 0 Å². The van der Waals surface area contributed by atoms with E-state index >= 15 is 0 Å². The highest BCUT2D eigenvalue weighted by molar-refractivity contribution is 7.97. The zero-order valence-corrected chi connectivity index (χ0v) is 20.9. The van der Waals surface area contributed by atoms with Crippen LogP contribution in [0.5, 0.6) is 0 Å². The summed E-state index contributed by atoms with van der Waals surface area (Å²) in [7, 11) is 0. The second kappa shape index (κ2) is 10.9. The second-order valence-corrected chi connectivity index (χ2v) is 11.0. The average molecular weight is 502 g/mol. The first kappa shape index (κ1) is 23.3. The van der Waals surface area contributed by atoms with Crippen molar-refractivity contribution >= 4 is 62.3 Å². The number of fused-ring (bicyclic) bond motifs is 1. The predicted octanol–water partition coefficient (Wildman–Crippen LogP) is 7.81. The fourth-order valence-electron chi connectivity index (χ4n) is 3.23. The molecule has 2 aromatic carbocycles. The van der Waals surface area contributed by atoms with Crippen LogP contribution in [0.1, 0.15) is 39.9 Å². The molecule has 0 spiro atoms. The Bertz CT molecular complexity index is 1210. The number of carbonyl (C=O) groups excluding carboxylic acids is 1. The van der Waals surface area contributed by atoms with Crippen molar-refractivity contribution in [3.63, 3.8) is 0 Å². The first-order valence-electron chi connectivity index (χ1n) is 10.5. The van der Waals surface area contributed by atoms with Gasteiger partial charge < -0.3 is 4.74 Å². The largest absolute Gasteiger partial charge is 0.462 e. The molecule has 32 heavy (non-hydrogen) atoms. The molecule has 0 atom stereocenters. The monoisotopic (exact) mass is 501 g/mol. The first-order valence-corrected chi connectivity index (χ1v) is 13.4. The van der Waals surface area contributed by atoms with E-state index in [2.05, 4.69) is 30.3 Å². The molecular formula is C25H24ClNO2S3. The number of benzene rings is 2. The zero-order chi connectivity index (χ0) is 22.5. The van der Waals surface area contributed by atoms with Gasteiger partial charge in [-0.25, -0.2) is 4.79 Å². The zero-order valence-electron chi connectivity index (χ0n) is 17.7. The summed E-state index contributed by atoms with van der Waals surface area (Å²) in [5, 5.41) is 7.99. The van der Waals surface area contributed by atoms with Crippen LogP contribution in [0.15, 0.2) is 60.7 Å². The summed E-state index contributed by atoms with van der Waals surface area (Å²) >= 11 is 11.1. The van der Waals surface area contributed by atoms with Gasteiger partial charge in [-0.2, -0.15) is 0 Å². The van der Waals surface area contributed by atoms with E-state index < -0.39 is 0 Å². The lowest BCUT2D eigenvalue weighted by molar-refractivity contribution is 0.0532. The summed E-state index contributed by atoms with van der Waals surface area (Å²) in [6.07, 6.45) is 3.51. The number of thiophene rings is 2. The van der Waals surface area contributed by atoms with Crippen molar-refractivity contribution in [1.82, 2.24) is 0 Å². The number of esters is 1. The minimum atomic E-state index is -0.258. The lowest BCUT2D eigenvalue weighted by atomic mass is 10.1. The first-order chi connectivity index (χ1) is 15.6. The van der Waals surface area contributed by atoms with Crippen molar-refractivity contribution in [3.05, 3.63) is 81.0 Å². The SMILES string of the molecule is CCOC(=O)c1ccc(-c2cccc3cc(Cc4ccccc4Cl)sc23)s1.NSC1CC1. The Kier molecular flexibility index (Phi) is 7.92. The van der Waals surface area contributed by atoms with Gasteiger partial charge in [-0.15, -0.1) is 22.7 Å². The van der Waals surface area contributed by atoms with Crippen LogP contribution < -0.4 is 5.14 Å². The van der Waals surface area contributed by atoms with Crippen LogP contribution in [-0.2, 0) is 11.2 Å². The van der Waals surface area contributed by atoms with Crippen LogP contribution in [0.25, 0.3) is 20.5 Å². The molecule has 2 N–H and O–H groups in total. The maximum absolute atomic E-state index is 12.0. The van der Waals surface area contributed by atoms with Crippen LogP contribution in [0.4, 0.5) is 0 Å². The molecule has 1 saturated carbocycles. The van der Waals surface area contributed by atoms with E-state index in [9.17, 15) is 4.79 Å². The molecule has 166 valence electrons. The highest BCUT2D eigenvalue weighted by Gasteiger charge is 2.19. The number of carbonyl (C=O) groups is 1. The highest BCUT2D eigenvalue weighted by Crippen LogP contribution is 2.39. The molecule has 1 aliphatic carbocycles. The minimum absolute atomic E-state index is 0.258. The Morgan fingerprint density at radius 2 is 1.94 bits per heavy atom. The molecule has 7 heteroatoms. The summed E-state index contributed by atoms with van der Waals surface area (Å²) in [6, 6.07) is 20.3. The van der Waals surface area contributed by atoms with E-state index in [1.165, 1.54) is 51.1 Å². The van der Waals surface area contributed by atoms with Crippen molar-refractivity contribution in [1.29, 1.82) is 0 Å². The topological polar surface area (TPSA) is 52.3 Å². The van der Waals surface area contributed by atoms with E-state index in [-0.39, 0.29) is 5.97 Å². The molecule has 0 amide bonds. The normalized spacial score (nSPS) is 13.0. The third-order valence-electron chi connectivity index (χ3n) is 4.98. The molecule has 0 bridgehead atoms. The molecule has 0 saturated heterocycles. The van der Waals surface area contributed by atoms with E-state index in [0.29, 0.717) is 11.5 Å². The van der Waals surface area contributed by atoms with E-state index in [1.54, 1.807) is 11.3 Å². The number of hydrogen-bond donors (Lipinski definition) is 1. The molecule has 0 aliphatic heterocycles. The van der Waals surface area contributed by atoms with Crippen LogP contribution in [-0.4, -0.2) is 17.8 Å². The van der Waals surface area contributed by atoms with Gasteiger partial charge in [-0.3, -0.25) is 5.14 Å². The number of ether oxygens (including phenoxy) is 1. The predicted molar refractivity (Wildman–Crippen MR) is 140 cm³/mol. The fraction of sp³-hybridized carbons (Fsp3) is 0.240. The molecule has 1 aliphatic rings. The maximum Gasteiger partial charge on any atom is 0.348 e. The molecule has 5 rings (SSSR count). The van der Waals surface area contributed by atoms with Crippen molar-refractivity contribution in [2.24, 2.45) is 5.14 Å². The van der Waals surface area contributed by atoms with Gasteiger partial charge in [0.15, 0.2) is 0 Å². The van der Waals surface area contributed by atoms with Gasteiger partial charge in [0.2, 0.25) is 0 Å². The Morgan fingerprint density at radius 3 is 2.62 bits per heavy atom. The van der Waals surface area contributed by atoms with Gasteiger partial charge in [-0.1, -0.05) is 59.9 Å². The molecule has 2 aromatic heterocycles. The van der Waals surface area contributed by atoms with Crippen LogP contribution >= 0.6 is 46.2 Å². The Hall–Kier alpha value is -1.83. The number of nitrogens with two attached hydrogens (primary N) is 1. The molecule has 1 fully saturated rings. The van der Waals surface area contributed by atoms with Gasteiger partial charge in [-0.05, 0) is 55.0 Å². The molecule has 0 unspecified atom stereocenters. The molecule has 2 heterocycles. The van der Waals surface area contributed by atoms with Gasteiger partial charge in [0.05, 0.1) is 6.61 Å². The Morgan fingerprint density at radius 1 is 1.12 bits per heavy atom. The van der Waals surface area contributed by atoms with E-state index in [0.717, 1.165) is 32.7 Å². The molecule has 0 radical (unpaired) electrons. The van der Waals surface area contributed by atoms with Gasteiger partial charge in [0.1, 0.15) is 4.88 Å². The summed E-state index contributed by atoms with van der Waals surface area (Å²) < 4.78 is 6.34. The third kappa shape index (κ3) is 5.74. The highest BCUT2D eigenvalue weighted by atomic mass is 35.5. The molecule has 3 nitrogen and oxygen atoms in total. The Balaban J connectivity index is 0.000000433. The fourth-order valence-corrected chi connectivity index (χ4v) is 6.04. The number of halogens is 1. The smallest absolute Gasteiger partial charge is 0.348 e. The quantitative estimate of drug-likeness (QED) is 0.216. The number of rotatable bonds is 6. The summed E-state index contributed by atoms with van der Waals surface area (Å²) in [6.45, 7) is 2.21. The van der Waals surface area contributed by atoms with Crippen LogP contribution in [0.2, 0.25) is 5.02 Å². The maximum atomic E-state index is 12.0. The van der Waals surface area contributed by atoms with E-state index in [1.807, 2.05) is 37.3 Å². The summed E-state index contributed by atoms with van der Waals surface area (Å²) in [5.74, 6) is -0.258. The van der Waals surface area contributed by atoms with Crippen molar-refractivity contribution in [2.75, 3.05) is 6.61 Å². The number of hydrogen-bond acceptors (Lipinski definition) is 6. The third-order valence-corrected chi connectivity index (χ3v) is 8.49. The Labute approximate surface area is 205 Å². The molecule has 4 aromatic rings. The molecular weight excluding hydrogens is 478 g/mol. The average Bonchev–Trinajstić information content (AvgIpc) is 3.35. The lowest BCUT2D eigenvalue weighted by Crippen LogP contribution is -2.01. The van der Waals surface area contributed by atoms with Crippen molar-refractivity contribution in [2.45, 2.75) is 31.4 Å². The summed E-state index contributed by atoms with van der Waals surface area (Å²) in [5.41, 5.74) is 2.29. The summed E-state index contributed by atoms with van der Waals surface area (Å²) in [4.78, 5) is 15.0. The van der Waals surface area contributed by atoms with Gasteiger partial charge >= 0.3 is 5.97 Å².